The van der Waals surface area contributed by atoms with Crippen LogP contribution in [0.25, 0.3) is 0 Å². The Labute approximate surface area is 225 Å². The van der Waals surface area contributed by atoms with Gasteiger partial charge in [0.05, 0.1) is 0 Å². The zero-order valence-corrected chi connectivity index (χ0v) is 21.2. The average Bonchev–Trinajstić information content (AvgIpc) is 2.86. The molecule has 0 fully saturated rings. The van der Waals surface area contributed by atoms with Crippen LogP contribution in [0.2, 0.25) is 0 Å². The summed E-state index contributed by atoms with van der Waals surface area (Å²) in [6.07, 6.45) is -13.8. The zero-order valence-electron chi connectivity index (χ0n) is 20.3. The fourth-order valence-electron chi connectivity index (χ4n) is 2.73. The van der Waals surface area contributed by atoms with Crippen LogP contribution in [0.3, 0.4) is 0 Å². The molecular formula is C24H18F9O7P. The summed E-state index contributed by atoms with van der Waals surface area (Å²) in [5.41, 5.74) is 0. The van der Waals surface area contributed by atoms with Crippen molar-refractivity contribution in [2.75, 3.05) is 19.8 Å². The highest BCUT2D eigenvalue weighted by Crippen LogP contribution is 2.50. The summed E-state index contributed by atoms with van der Waals surface area (Å²) < 4.78 is 155. The molecule has 0 bridgehead atoms. The molecule has 0 N–H and O–H groups in total. The molecule has 0 heterocycles. The predicted octanol–water partition coefficient (Wildman–Crippen LogP) is 8.15. The van der Waals surface area contributed by atoms with Crippen LogP contribution in [0.4, 0.5) is 39.5 Å². The molecular weight excluding hydrogens is 602 g/mol. The van der Waals surface area contributed by atoms with Crippen LogP contribution in [0, 0.1) is 0 Å². The van der Waals surface area contributed by atoms with E-state index in [1.54, 1.807) is 0 Å². The molecule has 224 valence electrons. The first kappa shape index (κ1) is 31.6. The first-order chi connectivity index (χ1) is 19.0. The number of halogens is 9. The normalized spacial score (nSPS) is 12.4. The second kappa shape index (κ2) is 12.7. The zero-order chi connectivity index (χ0) is 30.3. The Morgan fingerprint density at radius 2 is 0.610 bits per heavy atom. The Kier molecular flexibility index (Phi) is 9.79. The molecule has 0 atom stereocenters. The quantitative estimate of drug-likeness (QED) is 0.150. The molecule has 0 aliphatic heterocycles. The average molecular weight is 620 g/mol. The molecule has 0 radical (unpaired) electrons. The molecule has 0 aliphatic carbocycles. The van der Waals surface area contributed by atoms with Gasteiger partial charge in [0, 0.05) is 0 Å². The van der Waals surface area contributed by atoms with Crippen molar-refractivity contribution >= 4 is 7.82 Å². The van der Waals surface area contributed by atoms with Gasteiger partial charge < -0.3 is 27.8 Å². The first-order valence-electron chi connectivity index (χ1n) is 11.0. The molecule has 0 spiro atoms. The number of hydrogen-bond acceptors (Lipinski definition) is 7. The van der Waals surface area contributed by atoms with E-state index in [2.05, 4.69) is 14.2 Å². The van der Waals surface area contributed by atoms with Gasteiger partial charge in [-0.3, -0.25) is 0 Å². The highest BCUT2D eigenvalue weighted by atomic mass is 31.2. The van der Waals surface area contributed by atoms with Crippen LogP contribution in [0.5, 0.6) is 34.5 Å². The molecule has 41 heavy (non-hydrogen) atoms. The lowest BCUT2D eigenvalue weighted by Gasteiger charge is -2.20. The highest BCUT2D eigenvalue weighted by Gasteiger charge is 2.34. The van der Waals surface area contributed by atoms with Crippen LogP contribution in [-0.4, -0.2) is 38.3 Å². The van der Waals surface area contributed by atoms with Gasteiger partial charge in [-0.05, 0) is 72.8 Å². The van der Waals surface area contributed by atoms with E-state index in [-0.39, 0.29) is 34.5 Å². The molecule has 0 unspecified atom stereocenters. The van der Waals surface area contributed by atoms with Crippen molar-refractivity contribution in [2.24, 2.45) is 0 Å². The van der Waals surface area contributed by atoms with Gasteiger partial charge >= 0.3 is 26.4 Å². The Morgan fingerprint density at radius 1 is 0.415 bits per heavy atom. The minimum Gasteiger partial charge on any atom is -0.484 e. The van der Waals surface area contributed by atoms with E-state index in [0.29, 0.717) is 0 Å². The molecule has 7 nitrogen and oxygen atoms in total. The SMILES string of the molecule is O=P(Oc1ccc(OCC(F)(F)F)cc1)(Oc1ccc(OCC(F)(F)F)cc1)Oc1ccc(OCC(F)(F)F)cc1. The molecule has 0 saturated heterocycles. The minimum absolute atomic E-state index is 0.199. The van der Waals surface area contributed by atoms with Crippen molar-refractivity contribution in [3.05, 3.63) is 72.8 Å². The molecule has 0 saturated carbocycles. The lowest BCUT2D eigenvalue weighted by atomic mass is 10.3. The maximum atomic E-state index is 13.5. The third-order valence-electron chi connectivity index (χ3n) is 4.33. The van der Waals surface area contributed by atoms with Crippen molar-refractivity contribution in [1.82, 2.24) is 0 Å². The van der Waals surface area contributed by atoms with Gasteiger partial charge in [-0.25, -0.2) is 0 Å². The number of phosphoric ester groups is 1. The summed E-state index contributed by atoms with van der Waals surface area (Å²) in [4.78, 5) is 0. The maximum Gasteiger partial charge on any atom is 0.647 e. The van der Waals surface area contributed by atoms with Crippen LogP contribution in [0.15, 0.2) is 72.8 Å². The third-order valence-corrected chi connectivity index (χ3v) is 5.63. The topological polar surface area (TPSA) is 72.5 Å². The van der Waals surface area contributed by atoms with Gasteiger partial charge in [-0.15, -0.1) is 0 Å². The van der Waals surface area contributed by atoms with E-state index in [4.69, 9.17) is 13.6 Å². The number of hydrogen-bond donors (Lipinski definition) is 0. The highest BCUT2D eigenvalue weighted by molar-refractivity contribution is 7.49. The fraction of sp³-hybridized carbons (Fsp3) is 0.250. The van der Waals surface area contributed by atoms with E-state index in [1.165, 1.54) is 0 Å². The number of rotatable bonds is 12. The molecule has 0 aliphatic rings. The smallest absolute Gasteiger partial charge is 0.484 e. The third kappa shape index (κ3) is 12.0. The number of ether oxygens (including phenoxy) is 3. The fourth-order valence-corrected chi connectivity index (χ4v) is 3.98. The van der Waals surface area contributed by atoms with Gasteiger partial charge in [0.15, 0.2) is 19.8 Å². The molecule has 0 aromatic heterocycles. The van der Waals surface area contributed by atoms with Gasteiger partial charge in [0.2, 0.25) is 0 Å². The van der Waals surface area contributed by atoms with Gasteiger partial charge in [-0.1, -0.05) is 0 Å². The van der Waals surface area contributed by atoms with Crippen LogP contribution >= 0.6 is 7.82 Å². The van der Waals surface area contributed by atoms with Crippen molar-refractivity contribution in [3.63, 3.8) is 0 Å². The van der Waals surface area contributed by atoms with Gasteiger partial charge in [-0.2, -0.15) is 44.1 Å². The van der Waals surface area contributed by atoms with Crippen LogP contribution < -0.4 is 27.8 Å². The molecule has 3 aromatic carbocycles. The van der Waals surface area contributed by atoms with Crippen molar-refractivity contribution in [1.29, 1.82) is 0 Å². The lowest BCUT2D eigenvalue weighted by Crippen LogP contribution is -2.19. The molecule has 0 amide bonds. The Morgan fingerprint density at radius 3 is 0.805 bits per heavy atom. The van der Waals surface area contributed by atoms with Gasteiger partial charge in [0.25, 0.3) is 0 Å². The number of benzene rings is 3. The Bertz CT molecular complexity index is 1130. The summed E-state index contributed by atoms with van der Waals surface area (Å²) in [5, 5.41) is 0. The van der Waals surface area contributed by atoms with Crippen LogP contribution in [0.1, 0.15) is 0 Å². The minimum atomic E-state index is -4.72. The predicted molar refractivity (Wildman–Crippen MR) is 123 cm³/mol. The van der Waals surface area contributed by atoms with E-state index in [1.807, 2.05) is 0 Å². The van der Waals surface area contributed by atoms with E-state index in [9.17, 15) is 44.1 Å². The largest absolute Gasteiger partial charge is 0.647 e. The lowest BCUT2D eigenvalue weighted by molar-refractivity contribution is -0.154. The summed E-state index contributed by atoms with van der Waals surface area (Å²) in [7, 11) is -4.72. The molecule has 17 heteroatoms. The Balaban J connectivity index is 1.77. The van der Waals surface area contributed by atoms with E-state index in [0.717, 1.165) is 72.8 Å². The molecule has 3 rings (SSSR count). The Hall–Kier alpha value is -3.94. The first-order valence-corrected chi connectivity index (χ1v) is 12.5. The van der Waals surface area contributed by atoms with Crippen molar-refractivity contribution < 1.29 is 71.9 Å². The van der Waals surface area contributed by atoms with E-state index >= 15 is 0 Å². The number of alkyl halides is 9. The summed E-state index contributed by atoms with van der Waals surface area (Å²) in [6.45, 7) is -4.70. The van der Waals surface area contributed by atoms with E-state index < -0.39 is 46.2 Å². The standard InChI is InChI=1S/C24H18F9O7P/c25-22(26,27)13-35-16-1-7-19(8-2-16)38-41(34,39-20-9-3-17(4-10-20)36-14-23(28,29)30)40-21-11-5-18(6-12-21)37-15-24(31,32)33/h1-12H,13-15H2. The second-order valence-electron chi connectivity index (χ2n) is 7.85. The van der Waals surface area contributed by atoms with Gasteiger partial charge in [0.1, 0.15) is 34.5 Å². The van der Waals surface area contributed by atoms with Crippen molar-refractivity contribution in [3.8, 4) is 34.5 Å². The second-order valence-corrected chi connectivity index (χ2v) is 9.29. The summed E-state index contributed by atoms with van der Waals surface area (Å²) in [6, 6.07) is 13.0. The van der Waals surface area contributed by atoms with Crippen LogP contribution in [-0.2, 0) is 4.57 Å². The number of phosphoric acid groups is 1. The summed E-state index contributed by atoms with van der Waals surface area (Å²) in [5.74, 6) is -1.26. The maximum absolute atomic E-state index is 13.5. The summed E-state index contributed by atoms with van der Waals surface area (Å²) >= 11 is 0. The van der Waals surface area contributed by atoms with Crippen molar-refractivity contribution in [2.45, 2.75) is 18.5 Å². The molecule has 3 aromatic rings. The monoisotopic (exact) mass is 620 g/mol.